The van der Waals surface area contributed by atoms with E-state index in [2.05, 4.69) is 0 Å². The van der Waals surface area contributed by atoms with E-state index in [0.717, 1.165) is 17.1 Å². The first-order valence-electron chi connectivity index (χ1n) is 7.61. The lowest BCUT2D eigenvalue weighted by Gasteiger charge is -2.53. The molecule has 0 saturated heterocycles. The van der Waals surface area contributed by atoms with E-state index in [9.17, 15) is 30.6 Å². The van der Waals surface area contributed by atoms with Crippen LogP contribution in [0, 0.1) is 0 Å². The molecule has 0 heterocycles. The van der Waals surface area contributed by atoms with Gasteiger partial charge in [-0.1, -0.05) is 36.4 Å². The zero-order valence-corrected chi connectivity index (χ0v) is 13.1. The molecule has 1 aliphatic carbocycles. The molecule has 25 heavy (non-hydrogen) atoms. The van der Waals surface area contributed by atoms with Gasteiger partial charge in [0, 0.05) is 11.4 Å². The van der Waals surface area contributed by atoms with Gasteiger partial charge in [-0.25, -0.2) is 0 Å². The number of aliphatic hydroxyl groups is 6. The molecule has 0 bridgehead atoms. The third-order valence-electron chi connectivity index (χ3n) is 4.32. The Kier molecular flexibility index (Phi) is 4.16. The van der Waals surface area contributed by atoms with Crippen LogP contribution in [0.5, 0.6) is 0 Å². The average molecular weight is 345 g/mol. The van der Waals surface area contributed by atoms with Gasteiger partial charge in [-0.15, -0.1) is 0 Å². The van der Waals surface area contributed by atoms with Gasteiger partial charge in [0.1, 0.15) is 6.10 Å². The van der Waals surface area contributed by atoms with Crippen LogP contribution in [-0.4, -0.2) is 54.0 Å². The van der Waals surface area contributed by atoms with Crippen LogP contribution in [0.4, 0.5) is 11.4 Å². The fourth-order valence-electron chi connectivity index (χ4n) is 2.88. The summed E-state index contributed by atoms with van der Waals surface area (Å²) < 4.78 is 0. The van der Waals surface area contributed by atoms with Gasteiger partial charge in [0.05, 0.1) is 0 Å². The van der Waals surface area contributed by atoms with Crippen molar-refractivity contribution in [2.75, 3.05) is 4.90 Å². The zero-order chi connectivity index (χ0) is 18.3. The maximum absolute atomic E-state index is 11.1. The molecule has 0 fully saturated rings. The molecule has 1 aliphatic rings. The van der Waals surface area contributed by atoms with Crippen LogP contribution >= 0.6 is 0 Å². The molecule has 3 rings (SSSR count). The smallest absolute Gasteiger partial charge is 0.275 e. The Morgan fingerprint density at radius 1 is 0.720 bits per heavy atom. The fraction of sp³-hybridized carbons (Fsp3) is 0.222. The van der Waals surface area contributed by atoms with Gasteiger partial charge in [0.15, 0.2) is 0 Å². The van der Waals surface area contributed by atoms with Crippen molar-refractivity contribution < 1.29 is 30.6 Å². The predicted molar refractivity (Wildman–Crippen MR) is 89.5 cm³/mol. The summed E-state index contributed by atoms with van der Waals surface area (Å²) in [6.07, 6.45) is -0.192. The molecule has 132 valence electrons. The molecule has 0 amide bonds. The summed E-state index contributed by atoms with van der Waals surface area (Å²) in [7, 11) is 0. The second-order valence-electron chi connectivity index (χ2n) is 5.93. The van der Waals surface area contributed by atoms with Crippen molar-refractivity contribution in [2.24, 2.45) is 0 Å². The molecule has 0 radical (unpaired) electrons. The van der Waals surface area contributed by atoms with Crippen molar-refractivity contribution in [1.29, 1.82) is 0 Å². The van der Waals surface area contributed by atoms with E-state index in [0.29, 0.717) is 11.4 Å². The van der Waals surface area contributed by atoms with Crippen molar-refractivity contribution in [3.63, 3.8) is 0 Å². The molecule has 2 aromatic carbocycles. The van der Waals surface area contributed by atoms with E-state index in [1.807, 2.05) is 0 Å². The topological polar surface area (TPSA) is 125 Å². The van der Waals surface area contributed by atoms with Crippen molar-refractivity contribution >= 4 is 11.4 Å². The predicted octanol–water partition coefficient (Wildman–Crippen LogP) is -0.194. The number of benzene rings is 2. The summed E-state index contributed by atoms with van der Waals surface area (Å²) >= 11 is 0. The molecule has 2 aromatic rings. The minimum Gasteiger partial charge on any atom is -0.383 e. The maximum atomic E-state index is 11.1. The van der Waals surface area contributed by atoms with Gasteiger partial charge in [0.25, 0.3) is 11.6 Å². The number of nitrogens with zero attached hydrogens (tertiary/aromatic N) is 1. The van der Waals surface area contributed by atoms with Crippen LogP contribution in [0.15, 0.2) is 72.8 Å². The van der Waals surface area contributed by atoms with Crippen molar-refractivity contribution in [3.8, 4) is 0 Å². The number of aliphatic hydroxyl groups excluding tert-OH is 1. The van der Waals surface area contributed by atoms with E-state index in [-0.39, 0.29) is 0 Å². The molecular weight excluding hydrogens is 326 g/mol. The lowest BCUT2D eigenvalue weighted by Crippen LogP contribution is -2.77. The van der Waals surface area contributed by atoms with Crippen LogP contribution < -0.4 is 4.90 Å². The van der Waals surface area contributed by atoms with Crippen molar-refractivity contribution in [3.05, 3.63) is 72.8 Å². The first-order chi connectivity index (χ1) is 11.7. The first-order valence-corrected chi connectivity index (χ1v) is 7.61. The SMILES string of the molecule is OC1C=CC(O)(N(c2ccccc2)c2ccccc2)C(O)(O)C1(O)O. The summed E-state index contributed by atoms with van der Waals surface area (Å²) in [5.41, 5.74) is -1.96. The minimum atomic E-state index is -3.51. The Bertz CT molecular complexity index is 722. The molecule has 2 unspecified atom stereocenters. The number of para-hydroxylation sites is 2. The molecule has 6 N–H and O–H groups in total. The normalized spacial score (nSPS) is 27.0. The largest absolute Gasteiger partial charge is 0.383 e. The highest BCUT2D eigenvalue weighted by Gasteiger charge is 2.68. The highest BCUT2D eigenvalue weighted by Crippen LogP contribution is 2.44. The van der Waals surface area contributed by atoms with Crippen molar-refractivity contribution in [1.82, 2.24) is 0 Å². The molecule has 7 nitrogen and oxygen atoms in total. The van der Waals surface area contributed by atoms with Crippen LogP contribution in [0.2, 0.25) is 0 Å². The second kappa shape index (κ2) is 5.92. The van der Waals surface area contributed by atoms with E-state index in [4.69, 9.17) is 0 Å². The summed E-state index contributed by atoms with van der Waals surface area (Å²) in [5.74, 6) is -6.92. The highest BCUT2D eigenvalue weighted by atomic mass is 16.6. The number of hydrogen-bond acceptors (Lipinski definition) is 7. The van der Waals surface area contributed by atoms with Gasteiger partial charge >= 0.3 is 0 Å². The maximum Gasteiger partial charge on any atom is 0.275 e. The fourth-order valence-corrected chi connectivity index (χ4v) is 2.88. The van der Waals surface area contributed by atoms with Gasteiger partial charge in [-0.3, -0.25) is 0 Å². The Labute approximate surface area is 144 Å². The highest BCUT2D eigenvalue weighted by molar-refractivity contribution is 5.67. The molecule has 0 saturated carbocycles. The Morgan fingerprint density at radius 3 is 1.60 bits per heavy atom. The Hall–Kier alpha value is -2.26. The van der Waals surface area contributed by atoms with Crippen LogP contribution in [0.1, 0.15) is 0 Å². The lowest BCUT2D eigenvalue weighted by molar-refractivity contribution is -0.420. The van der Waals surface area contributed by atoms with Gasteiger partial charge < -0.3 is 35.5 Å². The summed E-state index contributed by atoms with van der Waals surface area (Å²) in [6, 6.07) is 16.6. The minimum absolute atomic E-state index is 0.362. The summed E-state index contributed by atoms with van der Waals surface area (Å²) in [4.78, 5) is 1.14. The molecule has 2 atom stereocenters. The summed E-state index contributed by atoms with van der Waals surface area (Å²) in [5, 5.41) is 61.7. The molecule has 0 aromatic heterocycles. The average Bonchev–Trinajstić information content (AvgIpc) is 2.60. The van der Waals surface area contributed by atoms with Gasteiger partial charge in [-0.2, -0.15) is 0 Å². The van der Waals surface area contributed by atoms with Crippen molar-refractivity contribution in [2.45, 2.75) is 23.4 Å². The quantitative estimate of drug-likeness (QED) is 0.336. The Morgan fingerprint density at radius 2 is 1.16 bits per heavy atom. The van der Waals surface area contributed by atoms with E-state index >= 15 is 0 Å². The number of rotatable bonds is 3. The van der Waals surface area contributed by atoms with E-state index in [1.165, 1.54) is 0 Å². The first kappa shape index (κ1) is 17.6. The lowest BCUT2D eigenvalue weighted by atomic mass is 9.82. The van der Waals surface area contributed by atoms with Crippen LogP contribution in [0.25, 0.3) is 0 Å². The second-order valence-corrected chi connectivity index (χ2v) is 5.93. The van der Waals surface area contributed by atoms with Crippen LogP contribution in [-0.2, 0) is 0 Å². The summed E-state index contributed by atoms with van der Waals surface area (Å²) in [6.45, 7) is 0. The van der Waals surface area contributed by atoms with E-state index in [1.54, 1.807) is 60.7 Å². The molecule has 7 heteroatoms. The standard InChI is InChI=1S/C18H19NO6/c20-15-11-12-16(21,18(24,25)17(15,22)23)19(13-7-3-1-4-8-13)14-9-5-2-6-10-14/h1-12,15,20-25H. The zero-order valence-electron chi connectivity index (χ0n) is 13.1. The number of anilines is 2. The molecule has 0 spiro atoms. The third kappa shape index (κ3) is 2.54. The van der Waals surface area contributed by atoms with Crippen LogP contribution in [0.3, 0.4) is 0 Å². The third-order valence-corrected chi connectivity index (χ3v) is 4.32. The monoisotopic (exact) mass is 345 g/mol. The molecule has 0 aliphatic heterocycles. The van der Waals surface area contributed by atoms with Gasteiger partial charge in [0.2, 0.25) is 5.72 Å². The van der Waals surface area contributed by atoms with E-state index < -0.39 is 23.4 Å². The Balaban J connectivity index is 2.24. The number of hydrogen-bond donors (Lipinski definition) is 6. The molecular formula is C18H19NO6. The van der Waals surface area contributed by atoms with Gasteiger partial charge in [-0.05, 0) is 36.4 Å².